The number of hydrogen-bond donors (Lipinski definition) is 1. The van der Waals surface area contributed by atoms with Crippen LogP contribution in [0.1, 0.15) is 16.1 Å². The molecule has 1 aromatic carbocycles. The average Bonchev–Trinajstić information content (AvgIpc) is 2.42. The maximum atomic E-state index is 11.8. The number of ketones is 1. The first-order valence-electron chi connectivity index (χ1n) is 5.57. The first kappa shape index (κ1) is 13.3. The van der Waals surface area contributed by atoms with Gasteiger partial charge in [0, 0.05) is 5.56 Å². The van der Waals surface area contributed by atoms with E-state index in [0.717, 1.165) is 0 Å². The molecule has 1 N–H and O–H groups in total. The molecule has 5 nitrogen and oxygen atoms in total. The van der Waals surface area contributed by atoms with Crippen LogP contribution < -0.4 is 10.9 Å². The van der Waals surface area contributed by atoms with Crippen molar-refractivity contribution in [1.29, 1.82) is 0 Å². The molecule has 2 rings (SSSR count). The van der Waals surface area contributed by atoms with Crippen LogP contribution in [0, 0.1) is 6.92 Å². The fourth-order valence-corrected chi connectivity index (χ4v) is 1.58. The zero-order valence-electron chi connectivity index (χ0n) is 10.1. The minimum Gasteiger partial charge on any atom is -0.422 e. The molecular weight excluding hydrogens is 268 g/mol. The number of carbonyl (C=O) groups is 1. The highest BCUT2D eigenvalue weighted by molar-refractivity contribution is 6.30. The molecular formula is C13H11ClN2O3. The number of aryl methyl sites for hydroxylation is 1. The summed E-state index contributed by atoms with van der Waals surface area (Å²) >= 11 is 5.75. The van der Waals surface area contributed by atoms with Gasteiger partial charge in [-0.15, -0.1) is 0 Å². The summed E-state index contributed by atoms with van der Waals surface area (Å²) in [6, 6.07) is 8.75. The first-order chi connectivity index (χ1) is 9.08. The lowest BCUT2D eigenvalue weighted by Gasteiger charge is -2.04. The van der Waals surface area contributed by atoms with Crippen molar-refractivity contribution in [2.45, 2.75) is 6.92 Å². The zero-order valence-corrected chi connectivity index (χ0v) is 10.9. The highest BCUT2D eigenvalue weighted by atomic mass is 35.5. The Bertz CT molecular complexity index is 653. The van der Waals surface area contributed by atoms with E-state index in [1.165, 1.54) is 6.92 Å². The molecule has 2 aromatic rings. The second-order valence-electron chi connectivity index (χ2n) is 3.84. The molecule has 1 aromatic heterocycles. The normalized spacial score (nSPS) is 10.2. The van der Waals surface area contributed by atoms with E-state index in [0.29, 0.717) is 5.56 Å². The number of nitrogens with zero attached hydrogens (tertiary/aromatic N) is 1. The fraction of sp³-hybridized carbons (Fsp3) is 0.154. The Morgan fingerprint density at radius 1 is 1.37 bits per heavy atom. The van der Waals surface area contributed by atoms with Crippen molar-refractivity contribution in [3.63, 3.8) is 0 Å². The summed E-state index contributed by atoms with van der Waals surface area (Å²) in [4.78, 5) is 27.1. The van der Waals surface area contributed by atoms with Crippen molar-refractivity contribution in [3.8, 4) is 0 Å². The molecule has 0 unspecified atom stereocenters. The summed E-state index contributed by atoms with van der Waals surface area (Å²) in [6.45, 7) is 1.48. The van der Waals surface area contributed by atoms with Gasteiger partial charge in [-0.25, -0.2) is 9.78 Å². The second kappa shape index (κ2) is 5.67. The van der Waals surface area contributed by atoms with Crippen LogP contribution in [0.2, 0.25) is 5.15 Å². The maximum Gasteiger partial charge on any atom is 0.379 e. The van der Waals surface area contributed by atoms with Crippen molar-refractivity contribution in [1.82, 2.24) is 4.98 Å². The van der Waals surface area contributed by atoms with Crippen molar-refractivity contribution < 1.29 is 9.21 Å². The van der Waals surface area contributed by atoms with Crippen LogP contribution >= 0.6 is 11.6 Å². The highest BCUT2D eigenvalue weighted by Gasteiger charge is 2.10. The number of benzene rings is 1. The molecule has 0 saturated heterocycles. The van der Waals surface area contributed by atoms with Gasteiger partial charge in [0.05, 0.1) is 6.54 Å². The number of carbonyl (C=O) groups excluding carboxylic acids is 1. The van der Waals surface area contributed by atoms with E-state index in [1.807, 2.05) is 6.07 Å². The Labute approximate surface area is 114 Å². The Hall–Kier alpha value is -2.14. The Morgan fingerprint density at radius 2 is 2.05 bits per heavy atom. The minimum absolute atomic E-state index is 0.0544. The molecule has 0 aliphatic carbocycles. The van der Waals surface area contributed by atoms with Crippen molar-refractivity contribution >= 4 is 23.2 Å². The smallest absolute Gasteiger partial charge is 0.379 e. The van der Waals surface area contributed by atoms with Crippen molar-refractivity contribution in [2.24, 2.45) is 0 Å². The molecule has 0 spiro atoms. The standard InChI is InChI=1S/C13H11ClN2O3/c1-8-11(14)16-12(13(18)19-8)15-7-10(17)9-5-3-2-4-6-9/h2-6H,7H2,1H3,(H,15,16). The maximum absolute atomic E-state index is 11.8. The molecule has 0 saturated carbocycles. The highest BCUT2D eigenvalue weighted by Crippen LogP contribution is 2.11. The first-order valence-corrected chi connectivity index (χ1v) is 5.95. The van der Waals surface area contributed by atoms with Gasteiger partial charge in [0.15, 0.2) is 10.9 Å². The lowest BCUT2D eigenvalue weighted by Crippen LogP contribution is -2.20. The minimum atomic E-state index is -0.650. The van der Waals surface area contributed by atoms with E-state index < -0.39 is 5.63 Å². The zero-order chi connectivity index (χ0) is 13.8. The molecule has 0 radical (unpaired) electrons. The number of hydrogen-bond acceptors (Lipinski definition) is 5. The molecule has 0 bridgehead atoms. The van der Waals surface area contributed by atoms with Crippen LogP contribution in [0.25, 0.3) is 0 Å². The molecule has 6 heteroatoms. The molecule has 0 aliphatic heterocycles. The number of anilines is 1. The van der Waals surface area contributed by atoms with Gasteiger partial charge in [-0.05, 0) is 6.92 Å². The van der Waals surface area contributed by atoms with Crippen LogP contribution in [0.15, 0.2) is 39.5 Å². The third kappa shape index (κ3) is 3.20. The third-order valence-electron chi connectivity index (χ3n) is 2.45. The van der Waals surface area contributed by atoms with Crippen LogP contribution in [-0.4, -0.2) is 17.3 Å². The molecule has 98 valence electrons. The Morgan fingerprint density at radius 3 is 2.74 bits per heavy atom. The summed E-state index contributed by atoms with van der Waals surface area (Å²) in [6.07, 6.45) is 0. The topological polar surface area (TPSA) is 72.2 Å². The summed E-state index contributed by atoms with van der Waals surface area (Å²) in [5.74, 6) is 0.0185. The average molecular weight is 279 g/mol. The quantitative estimate of drug-likeness (QED) is 0.869. The Balaban J connectivity index is 2.10. The summed E-state index contributed by atoms with van der Waals surface area (Å²) < 4.78 is 4.85. The van der Waals surface area contributed by atoms with Gasteiger partial charge in [-0.2, -0.15) is 0 Å². The van der Waals surface area contributed by atoms with Crippen LogP contribution in [0.5, 0.6) is 0 Å². The number of Topliss-reactive ketones (excluding diaryl/α,β-unsaturated/α-hetero) is 1. The van der Waals surface area contributed by atoms with E-state index in [-0.39, 0.29) is 29.1 Å². The monoisotopic (exact) mass is 278 g/mol. The third-order valence-corrected chi connectivity index (χ3v) is 2.80. The summed E-state index contributed by atoms with van der Waals surface area (Å²) in [5, 5.41) is 2.72. The molecule has 0 amide bonds. The number of aromatic nitrogens is 1. The molecule has 1 heterocycles. The van der Waals surface area contributed by atoms with Gasteiger partial charge < -0.3 is 9.73 Å². The van der Waals surface area contributed by atoms with Gasteiger partial charge in [-0.1, -0.05) is 41.9 Å². The van der Waals surface area contributed by atoms with Gasteiger partial charge in [0.2, 0.25) is 5.82 Å². The van der Waals surface area contributed by atoms with E-state index in [4.69, 9.17) is 16.0 Å². The SMILES string of the molecule is Cc1oc(=O)c(NCC(=O)c2ccccc2)nc1Cl. The number of halogens is 1. The lowest BCUT2D eigenvalue weighted by molar-refractivity contribution is 0.101. The second-order valence-corrected chi connectivity index (χ2v) is 4.20. The predicted molar refractivity (Wildman–Crippen MR) is 71.8 cm³/mol. The van der Waals surface area contributed by atoms with Gasteiger partial charge >= 0.3 is 5.63 Å². The number of nitrogens with one attached hydrogen (secondary N) is 1. The molecule has 0 atom stereocenters. The van der Waals surface area contributed by atoms with Crippen LogP contribution in [-0.2, 0) is 0 Å². The molecule has 19 heavy (non-hydrogen) atoms. The molecule has 0 aliphatic rings. The Kier molecular flexibility index (Phi) is 3.97. The van der Waals surface area contributed by atoms with E-state index in [1.54, 1.807) is 24.3 Å². The van der Waals surface area contributed by atoms with Gasteiger partial charge in [-0.3, -0.25) is 4.79 Å². The fourth-order valence-electron chi connectivity index (χ4n) is 1.45. The predicted octanol–water partition coefficient (Wildman–Crippen LogP) is 2.29. The van der Waals surface area contributed by atoms with Crippen molar-refractivity contribution in [3.05, 3.63) is 57.2 Å². The summed E-state index contributed by atoms with van der Waals surface area (Å²) in [7, 11) is 0. The van der Waals surface area contributed by atoms with Gasteiger partial charge in [0.25, 0.3) is 0 Å². The van der Waals surface area contributed by atoms with Crippen LogP contribution in [0.4, 0.5) is 5.82 Å². The largest absolute Gasteiger partial charge is 0.422 e. The van der Waals surface area contributed by atoms with Crippen LogP contribution in [0.3, 0.4) is 0 Å². The van der Waals surface area contributed by atoms with Crippen molar-refractivity contribution in [2.75, 3.05) is 11.9 Å². The van der Waals surface area contributed by atoms with E-state index >= 15 is 0 Å². The van der Waals surface area contributed by atoms with E-state index in [2.05, 4.69) is 10.3 Å². The molecule has 0 fully saturated rings. The van der Waals surface area contributed by atoms with E-state index in [9.17, 15) is 9.59 Å². The number of rotatable bonds is 4. The lowest BCUT2D eigenvalue weighted by atomic mass is 10.1. The van der Waals surface area contributed by atoms with Gasteiger partial charge in [0.1, 0.15) is 5.76 Å². The summed E-state index contributed by atoms with van der Waals surface area (Å²) in [5.41, 5.74) is -0.0969.